The summed E-state index contributed by atoms with van der Waals surface area (Å²) >= 11 is 0. The largest absolute Gasteiger partial charge is 1.00 e. The van der Waals surface area contributed by atoms with Crippen LogP contribution in [0.15, 0.2) is 18.7 Å². The topological polar surface area (TPSA) is 38.4 Å². The highest BCUT2D eigenvalue weighted by Gasteiger charge is 2.24. The van der Waals surface area contributed by atoms with Crippen molar-refractivity contribution in [2.24, 2.45) is 7.05 Å². The monoisotopic (exact) mass is 365 g/mol. The number of ether oxygens (including phenoxy) is 1. The van der Waals surface area contributed by atoms with Crippen molar-refractivity contribution in [2.75, 3.05) is 19.7 Å². The number of aromatic nitrogens is 2. The zero-order chi connectivity index (χ0) is 12.3. The maximum absolute atomic E-state index is 12.2. The Bertz CT molecular complexity index is 388. The van der Waals surface area contributed by atoms with Gasteiger partial charge in [0.15, 0.2) is 0 Å². The van der Waals surface area contributed by atoms with Crippen molar-refractivity contribution in [3.8, 4) is 0 Å². The fourth-order valence-corrected chi connectivity index (χ4v) is 2.10. The lowest BCUT2D eigenvalue weighted by Crippen LogP contribution is -3.00. The molecule has 1 aliphatic rings. The van der Waals surface area contributed by atoms with Gasteiger partial charge in [-0.15, -0.1) is 0 Å². The first-order chi connectivity index (χ1) is 8.20. The predicted molar refractivity (Wildman–Crippen MR) is 62.6 cm³/mol. The van der Waals surface area contributed by atoms with E-state index in [2.05, 4.69) is 0 Å². The van der Waals surface area contributed by atoms with Gasteiger partial charge in [0.1, 0.15) is 12.4 Å². The van der Waals surface area contributed by atoms with E-state index in [-0.39, 0.29) is 36.1 Å². The Labute approximate surface area is 125 Å². The van der Waals surface area contributed by atoms with Crippen LogP contribution in [0.5, 0.6) is 0 Å². The molecule has 0 N–H and O–H groups in total. The first-order valence-electron chi connectivity index (χ1n) is 6.15. The van der Waals surface area contributed by atoms with Crippen molar-refractivity contribution in [1.82, 2.24) is 9.47 Å². The Morgan fingerprint density at radius 1 is 1.61 bits per heavy atom. The van der Waals surface area contributed by atoms with Crippen LogP contribution in [0.4, 0.5) is 4.79 Å². The molecule has 2 heterocycles. The van der Waals surface area contributed by atoms with Gasteiger partial charge in [0.25, 0.3) is 6.33 Å². The van der Waals surface area contributed by atoms with Gasteiger partial charge in [-0.3, -0.25) is 0 Å². The van der Waals surface area contributed by atoms with Gasteiger partial charge in [-0.2, -0.15) is 4.57 Å². The zero-order valence-electron chi connectivity index (χ0n) is 10.9. The molecule has 1 fully saturated rings. The van der Waals surface area contributed by atoms with Crippen LogP contribution in [-0.2, 0) is 11.8 Å². The van der Waals surface area contributed by atoms with Crippen LogP contribution in [0.3, 0.4) is 0 Å². The van der Waals surface area contributed by atoms with Crippen molar-refractivity contribution < 1.29 is 38.1 Å². The molecule has 0 aromatic carbocycles. The van der Waals surface area contributed by atoms with Crippen LogP contribution in [0.1, 0.15) is 19.8 Å². The van der Waals surface area contributed by atoms with Crippen molar-refractivity contribution in [1.29, 1.82) is 0 Å². The Kier molecular flexibility index (Phi) is 6.07. The third-order valence-corrected chi connectivity index (χ3v) is 3.09. The highest BCUT2D eigenvalue weighted by Crippen LogP contribution is 2.13. The maximum atomic E-state index is 12.2. The Balaban J connectivity index is 0.00000162. The highest BCUT2D eigenvalue weighted by molar-refractivity contribution is 5.76. The molecule has 0 aliphatic carbocycles. The standard InChI is InChI=1S/C12H20N3O2.HI/c1-3-14(9-11-5-4-8-17-11)12(16)15-7-6-13(2)10-15;/h6-7,10-11H,3-5,8-9H2,1-2H3;1H/q+1;/p-1. The lowest BCUT2D eigenvalue weighted by Gasteiger charge is -2.21. The normalized spacial score (nSPS) is 18.4. The molecule has 5 nitrogen and oxygen atoms in total. The molecule has 1 aliphatic heterocycles. The van der Waals surface area contributed by atoms with E-state index in [0.29, 0.717) is 13.1 Å². The smallest absolute Gasteiger partial charge is 0.415 e. The average molecular weight is 365 g/mol. The van der Waals surface area contributed by atoms with Gasteiger partial charge in [-0.25, -0.2) is 9.36 Å². The van der Waals surface area contributed by atoms with Gasteiger partial charge in [0, 0.05) is 13.2 Å². The maximum Gasteiger partial charge on any atom is 0.415 e. The molecule has 1 amide bonds. The van der Waals surface area contributed by atoms with Crippen LogP contribution in [0.2, 0.25) is 0 Å². The van der Waals surface area contributed by atoms with Crippen molar-refractivity contribution in [3.63, 3.8) is 0 Å². The predicted octanol–water partition coefficient (Wildman–Crippen LogP) is -2.21. The minimum Gasteiger partial charge on any atom is -1.00 e. The molecule has 1 saturated heterocycles. The van der Waals surface area contributed by atoms with Crippen molar-refractivity contribution in [2.45, 2.75) is 25.9 Å². The zero-order valence-corrected chi connectivity index (χ0v) is 13.0. The molecule has 1 atom stereocenters. The number of carbonyl (C=O) groups is 1. The second kappa shape index (κ2) is 7.08. The SMILES string of the molecule is CCN(CC1CCCO1)C(=O)n1cc[n+](C)c1.[I-]. The van der Waals surface area contributed by atoms with E-state index < -0.39 is 0 Å². The lowest BCUT2D eigenvalue weighted by atomic mass is 10.2. The van der Waals surface area contributed by atoms with E-state index >= 15 is 0 Å². The second-order valence-electron chi connectivity index (χ2n) is 4.44. The van der Waals surface area contributed by atoms with Gasteiger partial charge in [0.2, 0.25) is 0 Å². The number of imidazole rings is 1. The number of aryl methyl sites for hydroxylation is 1. The van der Waals surface area contributed by atoms with Crippen LogP contribution >= 0.6 is 0 Å². The number of halogens is 1. The van der Waals surface area contributed by atoms with Crippen molar-refractivity contribution in [3.05, 3.63) is 18.7 Å². The molecule has 18 heavy (non-hydrogen) atoms. The van der Waals surface area contributed by atoms with E-state index in [9.17, 15) is 4.79 Å². The summed E-state index contributed by atoms with van der Waals surface area (Å²) in [6, 6.07) is 0.0172. The summed E-state index contributed by atoms with van der Waals surface area (Å²) < 4.78 is 9.04. The number of likely N-dealkylation sites (N-methyl/N-ethyl adjacent to an activating group) is 1. The van der Waals surface area contributed by atoms with Gasteiger partial charge in [0.05, 0.1) is 19.7 Å². The molecule has 2 rings (SSSR count). The summed E-state index contributed by atoms with van der Waals surface area (Å²) in [5, 5.41) is 0. The molecule has 1 aromatic heterocycles. The molecular weight excluding hydrogens is 345 g/mol. The Morgan fingerprint density at radius 2 is 2.39 bits per heavy atom. The average Bonchev–Trinajstić information content (AvgIpc) is 2.96. The highest BCUT2D eigenvalue weighted by atomic mass is 127. The van der Waals surface area contributed by atoms with Gasteiger partial charge in [-0.05, 0) is 19.8 Å². The van der Waals surface area contributed by atoms with E-state index in [1.54, 1.807) is 17.1 Å². The fraction of sp³-hybridized carbons (Fsp3) is 0.667. The Morgan fingerprint density at radius 3 is 2.89 bits per heavy atom. The number of amides is 1. The quantitative estimate of drug-likeness (QED) is 0.450. The summed E-state index contributed by atoms with van der Waals surface area (Å²) in [7, 11) is 1.90. The summed E-state index contributed by atoms with van der Waals surface area (Å²) in [6.45, 7) is 4.23. The molecule has 1 aromatic rings. The number of hydrogen-bond donors (Lipinski definition) is 0. The summed E-state index contributed by atoms with van der Waals surface area (Å²) in [5.41, 5.74) is 0. The third-order valence-electron chi connectivity index (χ3n) is 3.09. The number of nitrogens with zero attached hydrogens (tertiary/aromatic N) is 3. The number of carbonyl (C=O) groups excluding carboxylic acids is 1. The summed E-state index contributed by atoms with van der Waals surface area (Å²) in [6.07, 6.45) is 7.79. The number of rotatable bonds is 3. The lowest BCUT2D eigenvalue weighted by molar-refractivity contribution is -0.670. The Hall–Kier alpha value is -0.630. The van der Waals surface area contributed by atoms with E-state index in [1.165, 1.54) is 0 Å². The van der Waals surface area contributed by atoms with E-state index in [1.807, 2.05) is 29.6 Å². The minimum absolute atomic E-state index is 0. The van der Waals surface area contributed by atoms with Crippen LogP contribution in [0.25, 0.3) is 0 Å². The van der Waals surface area contributed by atoms with E-state index in [4.69, 9.17) is 4.74 Å². The van der Waals surface area contributed by atoms with Crippen molar-refractivity contribution >= 4 is 6.03 Å². The molecule has 0 spiro atoms. The van der Waals surface area contributed by atoms with Gasteiger partial charge < -0.3 is 33.6 Å². The summed E-state index contributed by atoms with van der Waals surface area (Å²) in [5.74, 6) is 0. The number of hydrogen-bond acceptors (Lipinski definition) is 2. The molecule has 6 heteroatoms. The first kappa shape index (κ1) is 15.4. The van der Waals surface area contributed by atoms with Crippen LogP contribution < -0.4 is 28.5 Å². The summed E-state index contributed by atoms with van der Waals surface area (Å²) in [4.78, 5) is 14.0. The molecule has 0 radical (unpaired) electrons. The molecule has 102 valence electrons. The third kappa shape index (κ3) is 3.68. The molecule has 0 saturated carbocycles. The van der Waals surface area contributed by atoms with Crippen LogP contribution in [-0.4, -0.2) is 41.3 Å². The molecular formula is C12H20IN3O2. The van der Waals surface area contributed by atoms with Gasteiger partial charge >= 0.3 is 6.03 Å². The van der Waals surface area contributed by atoms with Crippen LogP contribution in [0, 0.1) is 0 Å². The second-order valence-corrected chi connectivity index (χ2v) is 4.44. The fourth-order valence-electron chi connectivity index (χ4n) is 2.10. The van der Waals surface area contributed by atoms with Gasteiger partial charge in [-0.1, -0.05) is 0 Å². The minimum atomic E-state index is 0. The molecule has 1 unspecified atom stereocenters. The molecule has 0 bridgehead atoms. The van der Waals surface area contributed by atoms with E-state index in [0.717, 1.165) is 19.4 Å². The first-order valence-corrected chi connectivity index (χ1v) is 6.15.